The van der Waals surface area contributed by atoms with Crippen LogP contribution in [0.15, 0.2) is 15.9 Å². The molecule has 1 heterocycles. The van der Waals surface area contributed by atoms with Crippen LogP contribution in [0.5, 0.6) is 0 Å². The van der Waals surface area contributed by atoms with Crippen LogP contribution in [0.2, 0.25) is 0 Å². The number of thiophene rings is 1. The first-order valence-corrected chi connectivity index (χ1v) is 6.09. The van der Waals surface area contributed by atoms with Gasteiger partial charge in [-0.15, -0.1) is 11.3 Å². The van der Waals surface area contributed by atoms with Crippen LogP contribution in [0.1, 0.15) is 11.3 Å². The first kappa shape index (κ1) is 13.1. The predicted molar refractivity (Wildman–Crippen MR) is 64.1 cm³/mol. The van der Waals surface area contributed by atoms with Crippen molar-refractivity contribution in [1.29, 1.82) is 0 Å². The number of carboxylic acid groups (broad SMARTS) is 1. The van der Waals surface area contributed by atoms with Gasteiger partial charge in [0.1, 0.15) is 6.04 Å². The SMILES string of the molecule is NC(CC(=O)NCc1ccc(Br)s1)C(=O)O. The number of hydrogen-bond donors (Lipinski definition) is 3. The van der Waals surface area contributed by atoms with E-state index in [9.17, 15) is 9.59 Å². The van der Waals surface area contributed by atoms with E-state index in [1.54, 1.807) is 0 Å². The van der Waals surface area contributed by atoms with Crippen molar-refractivity contribution in [2.75, 3.05) is 0 Å². The Bertz CT molecular complexity index is 394. The summed E-state index contributed by atoms with van der Waals surface area (Å²) in [5.41, 5.74) is 5.23. The van der Waals surface area contributed by atoms with E-state index >= 15 is 0 Å². The van der Waals surface area contributed by atoms with Gasteiger partial charge in [0.05, 0.1) is 16.8 Å². The van der Waals surface area contributed by atoms with Crippen molar-refractivity contribution < 1.29 is 14.7 Å². The van der Waals surface area contributed by atoms with E-state index in [-0.39, 0.29) is 12.3 Å². The highest BCUT2D eigenvalue weighted by Gasteiger charge is 2.15. The number of carbonyl (C=O) groups is 2. The summed E-state index contributed by atoms with van der Waals surface area (Å²) in [5, 5.41) is 11.1. The lowest BCUT2D eigenvalue weighted by Gasteiger charge is -2.06. The van der Waals surface area contributed by atoms with Crippen LogP contribution in [0, 0.1) is 0 Å². The van der Waals surface area contributed by atoms with Gasteiger partial charge >= 0.3 is 5.97 Å². The molecule has 16 heavy (non-hydrogen) atoms. The van der Waals surface area contributed by atoms with Gasteiger partial charge in [0, 0.05) is 4.88 Å². The highest BCUT2D eigenvalue weighted by molar-refractivity contribution is 9.11. The van der Waals surface area contributed by atoms with E-state index in [0.29, 0.717) is 6.54 Å². The Labute approximate surface area is 105 Å². The second-order valence-electron chi connectivity index (χ2n) is 3.13. The third kappa shape index (κ3) is 4.30. The fraction of sp³-hybridized carbons (Fsp3) is 0.333. The fourth-order valence-corrected chi connectivity index (χ4v) is 2.41. The van der Waals surface area contributed by atoms with Gasteiger partial charge in [0.2, 0.25) is 5.91 Å². The molecule has 88 valence electrons. The van der Waals surface area contributed by atoms with Crippen LogP contribution in [-0.2, 0) is 16.1 Å². The maximum Gasteiger partial charge on any atom is 0.321 e. The topological polar surface area (TPSA) is 92.4 Å². The zero-order chi connectivity index (χ0) is 12.1. The lowest BCUT2D eigenvalue weighted by molar-refractivity contribution is -0.140. The molecular weight excluding hydrogens is 296 g/mol. The second kappa shape index (κ2) is 5.97. The van der Waals surface area contributed by atoms with Gasteiger partial charge in [0.15, 0.2) is 0 Å². The summed E-state index contributed by atoms with van der Waals surface area (Å²) in [6, 6.07) is 2.62. The molecule has 7 heteroatoms. The van der Waals surface area contributed by atoms with Gasteiger partial charge in [-0.05, 0) is 28.1 Å². The van der Waals surface area contributed by atoms with E-state index in [4.69, 9.17) is 10.8 Å². The third-order valence-electron chi connectivity index (χ3n) is 1.81. The number of carbonyl (C=O) groups excluding carboxylic acids is 1. The van der Waals surface area contributed by atoms with Gasteiger partial charge in [0.25, 0.3) is 0 Å². The van der Waals surface area contributed by atoms with Crippen LogP contribution in [0.3, 0.4) is 0 Å². The van der Waals surface area contributed by atoms with Crippen molar-refractivity contribution in [3.05, 3.63) is 20.8 Å². The summed E-state index contributed by atoms with van der Waals surface area (Å²) in [6.07, 6.45) is -0.206. The van der Waals surface area contributed by atoms with Crippen LogP contribution in [0.25, 0.3) is 0 Å². The van der Waals surface area contributed by atoms with Crippen molar-refractivity contribution in [1.82, 2.24) is 5.32 Å². The monoisotopic (exact) mass is 306 g/mol. The lowest BCUT2D eigenvalue weighted by Crippen LogP contribution is -2.36. The summed E-state index contributed by atoms with van der Waals surface area (Å²) in [7, 11) is 0. The molecular formula is C9H11BrN2O3S. The average Bonchev–Trinajstić information content (AvgIpc) is 2.61. The Morgan fingerprint density at radius 1 is 1.56 bits per heavy atom. The molecule has 1 atom stereocenters. The number of halogens is 1. The molecule has 0 bridgehead atoms. The molecule has 0 fully saturated rings. The number of amides is 1. The Morgan fingerprint density at radius 3 is 2.75 bits per heavy atom. The second-order valence-corrected chi connectivity index (χ2v) is 5.68. The molecule has 1 amide bonds. The molecule has 1 aromatic heterocycles. The summed E-state index contributed by atoms with van der Waals surface area (Å²) in [5.74, 6) is -1.53. The molecule has 0 saturated carbocycles. The zero-order valence-electron chi connectivity index (χ0n) is 8.27. The standard InChI is InChI=1S/C9H11BrN2O3S/c10-7-2-1-5(16-7)4-12-8(13)3-6(11)9(14)15/h1-2,6H,3-4,11H2,(H,12,13)(H,14,15). The quantitative estimate of drug-likeness (QED) is 0.754. The molecule has 0 aliphatic rings. The van der Waals surface area contributed by atoms with E-state index in [1.807, 2.05) is 12.1 Å². The summed E-state index contributed by atoms with van der Waals surface area (Å²) < 4.78 is 0.985. The van der Waals surface area contributed by atoms with Crippen LogP contribution >= 0.6 is 27.3 Å². The summed E-state index contributed by atoms with van der Waals surface area (Å²) >= 11 is 4.82. The largest absolute Gasteiger partial charge is 0.480 e. The molecule has 1 rings (SSSR count). The maximum atomic E-state index is 11.3. The van der Waals surface area contributed by atoms with Gasteiger partial charge in [-0.25, -0.2) is 0 Å². The minimum Gasteiger partial charge on any atom is -0.480 e. The van der Waals surface area contributed by atoms with Crippen molar-refractivity contribution in [2.24, 2.45) is 5.73 Å². The van der Waals surface area contributed by atoms with Crippen molar-refractivity contribution in [3.8, 4) is 0 Å². The number of carboxylic acids is 1. The lowest BCUT2D eigenvalue weighted by atomic mass is 10.2. The van der Waals surface area contributed by atoms with E-state index in [1.165, 1.54) is 11.3 Å². The molecule has 0 aliphatic heterocycles. The Hall–Kier alpha value is -0.920. The smallest absolute Gasteiger partial charge is 0.321 e. The molecule has 0 saturated heterocycles. The van der Waals surface area contributed by atoms with Crippen LogP contribution in [-0.4, -0.2) is 23.0 Å². The van der Waals surface area contributed by atoms with Crippen molar-refractivity contribution >= 4 is 39.1 Å². The molecule has 0 radical (unpaired) electrons. The number of aliphatic carboxylic acids is 1. The number of nitrogens with two attached hydrogens (primary N) is 1. The predicted octanol–water partition coefficient (Wildman–Crippen LogP) is 0.929. The molecule has 4 N–H and O–H groups in total. The van der Waals surface area contributed by atoms with Gasteiger partial charge < -0.3 is 16.2 Å². The van der Waals surface area contributed by atoms with E-state index < -0.39 is 12.0 Å². The highest BCUT2D eigenvalue weighted by Crippen LogP contribution is 2.21. The zero-order valence-corrected chi connectivity index (χ0v) is 10.7. The van der Waals surface area contributed by atoms with Gasteiger partial charge in [-0.2, -0.15) is 0 Å². The van der Waals surface area contributed by atoms with Crippen molar-refractivity contribution in [3.63, 3.8) is 0 Å². The number of hydrogen-bond acceptors (Lipinski definition) is 4. The first-order chi connectivity index (χ1) is 7.49. The van der Waals surface area contributed by atoms with Gasteiger partial charge in [-0.3, -0.25) is 9.59 Å². The number of rotatable bonds is 5. The van der Waals surface area contributed by atoms with Gasteiger partial charge in [-0.1, -0.05) is 0 Å². The maximum absolute atomic E-state index is 11.3. The number of nitrogens with one attached hydrogen (secondary N) is 1. The minimum atomic E-state index is -1.17. The Balaban J connectivity index is 2.33. The van der Waals surface area contributed by atoms with E-state index in [2.05, 4.69) is 21.2 Å². The third-order valence-corrected chi connectivity index (χ3v) is 3.43. The van der Waals surface area contributed by atoms with E-state index in [0.717, 1.165) is 8.66 Å². The highest BCUT2D eigenvalue weighted by atomic mass is 79.9. The molecule has 0 spiro atoms. The normalized spacial score (nSPS) is 12.1. The van der Waals surface area contributed by atoms with Crippen LogP contribution in [0.4, 0.5) is 0 Å². The summed E-state index contributed by atoms with van der Waals surface area (Å²) in [4.78, 5) is 22.7. The minimum absolute atomic E-state index is 0.206. The molecule has 1 aromatic rings. The molecule has 1 unspecified atom stereocenters. The molecule has 5 nitrogen and oxygen atoms in total. The Kier molecular flexibility index (Phi) is 4.91. The Morgan fingerprint density at radius 2 is 2.25 bits per heavy atom. The fourth-order valence-electron chi connectivity index (χ4n) is 0.992. The molecule has 0 aliphatic carbocycles. The van der Waals surface area contributed by atoms with Crippen molar-refractivity contribution in [2.45, 2.75) is 19.0 Å². The average molecular weight is 307 g/mol. The van der Waals surface area contributed by atoms with Crippen LogP contribution < -0.4 is 11.1 Å². The first-order valence-electron chi connectivity index (χ1n) is 4.48. The summed E-state index contributed by atoms with van der Waals surface area (Å²) in [6.45, 7) is 0.390. The molecule has 0 aromatic carbocycles.